The molecule has 1 saturated carbocycles. The first-order valence-corrected chi connectivity index (χ1v) is 6.43. The van der Waals surface area contributed by atoms with E-state index in [9.17, 15) is 14.3 Å². The molecule has 1 aliphatic carbocycles. The molecular formula is C13H20FNO2. The van der Waals surface area contributed by atoms with Gasteiger partial charge in [0.2, 0.25) is 0 Å². The van der Waals surface area contributed by atoms with Crippen molar-refractivity contribution in [2.45, 2.75) is 45.1 Å². The van der Waals surface area contributed by atoms with Gasteiger partial charge in [-0.25, -0.2) is 4.39 Å². The Labute approximate surface area is 101 Å². The molecule has 3 nitrogen and oxygen atoms in total. The number of carbonyl (C=O) groups excluding carboxylic acids is 1. The molecule has 1 aliphatic heterocycles. The van der Waals surface area contributed by atoms with Crippen molar-refractivity contribution in [2.24, 2.45) is 5.92 Å². The van der Waals surface area contributed by atoms with Crippen molar-refractivity contribution in [2.75, 3.05) is 13.2 Å². The van der Waals surface area contributed by atoms with Crippen LogP contribution in [0.1, 0.15) is 39.0 Å². The molecule has 1 amide bonds. The van der Waals surface area contributed by atoms with Crippen molar-refractivity contribution >= 4 is 5.91 Å². The van der Waals surface area contributed by atoms with Crippen LogP contribution in [0.3, 0.4) is 0 Å². The zero-order valence-electron chi connectivity index (χ0n) is 10.3. The van der Waals surface area contributed by atoms with Gasteiger partial charge in [0.1, 0.15) is 0 Å². The number of aliphatic hydroxyl groups excluding tert-OH is 1. The molecule has 2 fully saturated rings. The van der Waals surface area contributed by atoms with E-state index in [2.05, 4.69) is 0 Å². The van der Waals surface area contributed by atoms with Crippen LogP contribution in [0.2, 0.25) is 0 Å². The van der Waals surface area contributed by atoms with Crippen LogP contribution in [-0.4, -0.2) is 35.1 Å². The molecule has 0 aromatic rings. The van der Waals surface area contributed by atoms with E-state index >= 15 is 0 Å². The molecular weight excluding hydrogens is 221 g/mol. The number of hydrogen-bond donors (Lipinski definition) is 1. The lowest BCUT2D eigenvalue weighted by atomic mass is 10.0. The minimum Gasteiger partial charge on any atom is -0.394 e. The number of carbonyl (C=O) groups is 1. The van der Waals surface area contributed by atoms with Crippen molar-refractivity contribution in [1.82, 2.24) is 4.90 Å². The second kappa shape index (κ2) is 5.17. The zero-order chi connectivity index (χ0) is 12.4. The molecule has 1 N–H and O–H groups in total. The van der Waals surface area contributed by atoms with E-state index in [4.69, 9.17) is 0 Å². The number of hydrogen-bond acceptors (Lipinski definition) is 2. The first-order chi connectivity index (χ1) is 8.15. The predicted molar refractivity (Wildman–Crippen MR) is 63.0 cm³/mol. The maximum Gasteiger partial charge on any atom is 0.282 e. The van der Waals surface area contributed by atoms with Crippen LogP contribution in [0.4, 0.5) is 4.39 Å². The first-order valence-electron chi connectivity index (χ1n) is 6.43. The normalized spacial score (nSPS) is 26.8. The number of rotatable bonds is 3. The third-order valence-electron chi connectivity index (χ3n) is 3.82. The molecule has 1 atom stereocenters. The minimum absolute atomic E-state index is 0.0680. The number of allylic oxidation sites excluding steroid dienone is 1. The predicted octanol–water partition coefficient (Wildman–Crippen LogP) is 2.01. The maximum absolute atomic E-state index is 14.0. The van der Waals surface area contributed by atoms with Crippen LogP contribution in [0, 0.1) is 5.92 Å². The highest BCUT2D eigenvalue weighted by Gasteiger charge is 2.33. The minimum atomic E-state index is -0.590. The monoisotopic (exact) mass is 241 g/mol. The second-order valence-corrected chi connectivity index (χ2v) is 5.10. The molecule has 1 heterocycles. The van der Waals surface area contributed by atoms with Gasteiger partial charge in [-0.15, -0.1) is 0 Å². The molecule has 17 heavy (non-hydrogen) atoms. The van der Waals surface area contributed by atoms with Crippen LogP contribution in [-0.2, 0) is 4.79 Å². The van der Waals surface area contributed by atoms with Gasteiger partial charge in [0.05, 0.1) is 12.6 Å². The van der Waals surface area contributed by atoms with E-state index in [-0.39, 0.29) is 18.6 Å². The summed E-state index contributed by atoms with van der Waals surface area (Å²) in [6.45, 7) is 2.21. The lowest BCUT2D eigenvalue weighted by molar-refractivity contribution is -0.133. The molecule has 96 valence electrons. The average molecular weight is 241 g/mol. The molecule has 0 unspecified atom stereocenters. The molecule has 0 aromatic carbocycles. The van der Waals surface area contributed by atoms with E-state index in [1.54, 1.807) is 6.92 Å². The molecule has 4 heteroatoms. The number of amides is 1. The summed E-state index contributed by atoms with van der Waals surface area (Å²) < 4.78 is 14.0. The highest BCUT2D eigenvalue weighted by atomic mass is 19.1. The van der Waals surface area contributed by atoms with Crippen LogP contribution in [0.5, 0.6) is 0 Å². The number of nitrogens with zero attached hydrogens (tertiary/aromatic N) is 1. The van der Waals surface area contributed by atoms with E-state index in [1.165, 1.54) is 4.90 Å². The summed E-state index contributed by atoms with van der Waals surface area (Å²) in [4.78, 5) is 13.5. The van der Waals surface area contributed by atoms with Crippen molar-refractivity contribution in [3.8, 4) is 0 Å². The van der Waals surface area contributed by atoms with E-state index in [0.29, 0.717) is 12.1 Å². The Bertz CT molecular complexity index is 336. The molecule has 0 spiro atoms. The van der Waals surface area contributed by atoms with Crippen LogP contribution in [0.15, 0.2) is 11.4 Å². The van der Waals surface area contributed by atoms with Gasteiger partial charge in [0.15, 0.2) is 5.83 Å². The third-order valence-corrected chi connectivity index (χ3v) is 3.82. The summed E-state index contributed by atoms with van der Waals surface area (Å²) in [5, 5.41) is 9.22. The van der Waals surface area contributed by atoms with Gasteiger partial charge in [0.25, 0.3) is 5.91 Å². The van der Waals surface area contributed by atoms with Crippen molar-refractivity contribution in [1.29, 1.82) is 0 Å². The first kappa shape index (κ1) is 12.6. The third kappa shape index (κ3) is 2.68. The Kier molecular flexibility index (Phi) is 3.82. The number of piperidine rings is 1. The van der Waals surface area contributed by atoms with E-state index in [0.717, 1.165) is 32.1 Å². The van der Waals surface area contributed by atoms with Crippen molar-refractivity contribution < 1.29 is 14.3 Å². The SMILES string of the molecule is CC(=C(F)C(=O)N1CCCC[C@@H]1CO)C1CC1. The molecule has 1 saturated heterocycles. The summed E-state index contributed by atoms with van der Waals surface area (Å²) in [5.74, 6) is -0.836. The molecule has 2 rings (SSSR count). The van der Waals surface area contributed by atoms with E-state index < -0.39 is 11.7 Å². The van der Waals surface area contributed by atoms with Crippen LogP contribution >= 0.6 is 0 Å². The second-order valence-electron chi connectivity index (χ2n) is 5.10. The fraction of sp³-hybridized carbons (Fsp3) is 0.769. The number of likely N-dealkylation sites (tertiary alicyclic amines) is 1. The standard InChI is InChI=1S/C13H20FNO2/c1-9(10-5-6-10)12(14)13(17)15-7-3-2-4-11(15)8-16/h10-11,16H,2-8H2,1H3/t11-/m1/s1. The lowest BCUT2D eigenvalue weighted by Gasteiger charge is -2.34. The fourth-order valence-corrected chi connectivity index (χ4v) is 2.45. The Morgan fingerprint density at radius 1 is 1.35 bits per heavy atom. The smallest absolute Gasteiger partial charge is 0.282 e. The van der Waals surface area contributed by atoms with E-state index in [1.807, 2.05) is 0 Å². The lowest BCUT2D eigenvalue weighted by Crippen LogP contribution is -2.46. The van der Waals surface area contributed by atoms with Gasteiger partial charge in [-0.1, -0.05) is 0 Å². The summed E-state index contributed by atoms with van der Waals surface area (Å²) in [5.41, 5.74) is 0.595. The molecule has 0 radical (unpaired) electrons. The van der Waals surface area contributed by atoms with Gasteiger partial charge in [0, 0.05) is 6.54 Å². The quantitative estimate of drug-likeness (QED) is 0.768. The van der Waals surface area contributed by atoms with Crippen LogP contribution in [0.25, 0.3) is 0 Å². The average Bonchev–Trinajstić information content (AvgIpc) is 3.20. The Balaban J connectivity index is 2.09. The van der Waals surface area contributed by atoms with Crippen molar-refractivity contribution in [3.63, 3.8) is 0 Å². The highest BCUT2D eigenvalue weighted by molar-refractivity contribution is 5.92. The Morgan fingerprint density at radius 2 is 2.06 bits per heavy atom. The summed E-state index contributed by atoms with van der Waals surface area (Å²) >= 11 is 0. The summed E-state index contributed by atoms with van der Waals surface area (Å²) in [6.07, 6.45) is 4.67. The molecule has 0 aromatic heterocycles. The van der Waals surface area contributed by atoms with Gasteiger partial charge >= 0.3 is 0 Å². The zero-order valence-corrected chi connectivity index (χ0v) is 10.3. The number of halogens is 1. The van der Waals surface area contributed by atoms with Crippen LogP contribution < -0.4 is 0 Å². The van der Waals surface area contributed by atoms with Gasteiger partial charge in [-0.05, 0) is 50.5 Å². The summed E-state index contributed by atoms with van der Waals surface area (Å²) in [6, 6.07) is -0.200. The number of aliphatic hydroxyl groups is 1. The Morgan fingerprint density at radius 3 is 2.65 bits per heavy atom. The largest absolute Gasteiger partial charge is 0.394 e. The van der Waals surface area contributed by atoms with Gasteiger partial charge < -0.3 is 10.0 Å². The molecule has 0 bridgehead atoms. The van der Waals surface area contributed by atoms with Gasteiger partial charge in [-0.2, -0.15) is 0 Å². The molecule has 2 aliphatic rings. The summed E-state index contributed by atoms with van der Waals surface area (Å²) in [7, 11) is 0. The topological polar surface area (TPSA) is 40.5 Å². The fourth-order valence-electron chi connectivity index (χ4n) is 2.45. The van der Waals surface area contributed by atoms with Gasteiger partial charge in [-0.3, -0.25) is 4.79 Å². The van der Waals surface area contributed by atoms with Crippen molar-refractivity contribution in [3.05, 3.63) is 11.4 Å². The maximum atomic E-state index is 14.0. The highest BCUT2D eigenvalue weighted by Crippen LogP contribution is 2.38. The Hall–Kier alpha value is -0.900.